The second-order valence-electron chi connectivity index (χ2n) is 4.48. The zero-order chi connectivity index (χ0) is 14.5. The molecule has 1 aliphatic rings. The minimum absolute atomic E-state index is 0.0636. The number of thioether (sulfide) groups is 1. The minimum Gasteiger partial charge on any atom is -0.478 e. The highest BCUT2D eigenvalue weighted by molar-refractivity contribution is 9.10. The number of urea groups is 1. The molecule has 1 aromatic rings. The van der Waals surface area contributed by atoms with Gasteiger partial charge >= 0.3 is 12.0 Å². The van der Waals surface area contributed by atoms with E-state index in [-0.39, 0.29) is 17.6 Å². The molecule has 0 bridgehead atoms. The van der Waals surface area contributed by atoms with Crippen molar-refractivity contribution in [2.75, 3.05) is 16.8 Å². The summed E-state index contributed by atoms with van der Waals surface area (Å²) in [5, 5.41) is 14.6. The molecule has 0 aliphatic carbocycles. The van der Waals surface area contributed by atoms with Crippen LogP contribution < -0.4 is 10.6 Å². The number of halogens is 1. The maximum absolute atomic E-state index is 11.9. The first-order chi connectivity index (χ1) is 9.56. The van der Waals surface area contributed by atoms with Crippen molar-refractivity contribution >= 4 is 45.4 Å². The molecule has 7 heteroatoms. The van der Waals surface area contributed by atoms with Crippen LogP contribution in [0.5, 0.6) is 0 Å². The molecule has 0 atom stereocenters. The summed E-state index contributed by atoms with van der Waals surface area (Å²) in [5.74, 6) is 1.02. The van der Waals surface area contributed by atoms with Crippen molar-refractivity contribution in [3.63, 3.8) is 0 Å². The Morgan fingerprint density at radius 1 is 1.30 bits per heavy atom. The van der Waals surface area contributed by atoms with Gasteiger partial charge in [-0.15, -0.1) is 0 Å². The first kappa shape index (κ1) is 15.2. The number of nitrogens with one attached hydrogen (secondary N) is 2. The van der Waals surface area contributed by atoms with Gasteiger partial charge in [-0.05, 0) is 42.5 Å². The molecule has 1 heterocycles. The third kappa shape index (κ3) is 4.14. The quantitative estimate of drug-likeness (QED) is 0.775. The first-order valence-corrected chi connectivity index (χ1v) is 8.19. The third-order valence-electron chi connectivity index (χ3n) is 3.02. The highest BCUT2D eigenvalue weighted by atomic mass is 79.9. The predicted molar refractivity (Wildman–Crippen MR) is 83.6 cm³/mol. The number of carboxylic acid groups (broad SMARTS) is 1. The van der Waals surface area contributed by atoms with Gasteiger partial charge in [0.1, 0.15) is 0 Å². The van der Waals surface area contributed by atoms with E-state index in [1.54, 1.807) is 12.1 Å². The van der Waals surface area contributed by atoms with Gasteiger partial charge in [-0.2, -0.15) is 11.8 Å². The lowest BCUT2D eigenvalue weighted by Gasteiger charge is -2.22. The monoisotopic (exact) mass is 358 g/mol. The molecule has 0 radical (unpaired) electrons. The predicted octanol–water partition coefficient (Wildman–Crippen LogP) is 3.16. The molecule has 1 saturated heterocycles. The molecule has 20 heavy (non-hydrogen) atoms. The maximum atomic E-state index is 11.9. The largest absolute Gasteiger partial charge is 0.478 e. The van der Waals surface area contributed by atoms with Crippen molar-refractivity contribution in [3.8, 4) is 0 Å². The Kier molecular flexibility index (Phi) is 5.31. The Morgan fingerprint density at radius 3 is 2.65 bits per heavy atom. The van der Waals surface area contributed by atoms with Crippen LogP contribution in [-0.2, 0) is 0 Å². The Bertz CT molecular complexity index is 518. The third-order valence-corrected chi connectivity index (χ3v) is 4.56. The summed E-state index contributed by atoms with van der Waals surface area (Å²) in [4.78, 5) is 23.1. The van der Waals surface area contributed by atoms with Crippen molar-refractivity contribution in [1.82, 2.24) is 5.32 Å². The number of hydrogen-bond acceptors (Lipinski definition) is 3. The van der Waals surface area contributed by atoms with Gasteiger partial charge in [0.05, 0.1) is 11.3 Å². The van der Waals surface area contributed by atoms with E-state index in [4.69, 9.17) is 5.11 Å². The lowest BCUT2D eigenvalue weighted by atomic mass is 10.1. The Labute approximate surface area is 129 Å². The molecule has 2 amide bonds. The fraction of sp³-hybridized carbons (Fsp3) is 0.385. The van der Waals surface area contributed by atoms with E-state index in [9.17, 15) is 9.59 Å². The molecule has 2 rings (SSSR count). The van der Waals surface area contributed by atoms with Crippen LogP contribution in [0.15, 0.2) is 22.7 Å². The van der Waals surface area contributed by atoms with Gasteiger partial charge in [0.25, 0.3) is 0 Å². The van der Waals surface area contributed by atoms with Crippen LogP contribution >= 0.6 is 27.7 Å². The standard InChI is InChI=1S/C13H15BrN2O3S/c14-8-1-2-11(10(7-8)12(17)18)16-13(19)15-9-3-5-20-6-4-9/h1-2,7,9H,3-6H2,(H,17,18)(H2,15,16,19). The van der Waals surface area contributed by atoms with Crippen molar-refractivity contribution in [2.24, 2.45) is 0 Å². The van der Waals surface area contributed by atoms with Crippen LogP contribution in [0.3, 0.4) is 0 Å². The topological polar surface area (TPSA) is 78.4 Å². The Balaban J connectivity index is 2.01. The maximum Gasteiger partial charge on any atom is 0.337 e. The van der Waals surface area contributed by atoms with Crippen molar-refractivity contribution in [1.29, 1.82) is 0 Å². The molecule has 0 spiro atoms. The highest BCUT2D eigenvalue weighted by Gasteiger charge is 2.17. The number of carboxylic acids is 1. The average molecular weight is 359 g/mol. The van der Waals surface area contributed by atoms with Gasteiger partial charge in [-0.3, -0.25) is 0 Å². The van der Waals surface area contributed by atoms with Gasteiger partial charge in [-0.25, -0.2) is 9.59 Å². The lowest BCUT2D eigenvalue weighted by molar-refractivity contribution is 0.0698. The van der Waals surface area contributed by atoms with Gasteiger partial charge in [-0.1, -0.05) is 15.9 Å². The van der Waals surface area contributed by atoms with Crippen molar-refractivity contribution in [2.45, 2.75) is 18.9 Å². The number of aromatic carboxylic acids is 1. The number of rotatable bonds is 3. The molecule has 1 aromatic carbocycles. The zero-order valence-electron chi connectivity index (χ0n) is 10.7. The number of benzene rings is 1. The molecule has 0 unspecified atom stereocenters. The van der Waals surface area contributed by atoms with E-state index in [2.05, 4.69) is 26.6 Å². The SMILES string of the molecule is O=C(Nc1ccc(Br)cc1C(=O)O)NC1CCSCC1. The van der Waals surface area contributed by atoms with Crippen LogP contribution in [0.2, 0.25) is 0 Å². The van der Waals surface area contributed by atoms with Gasteiger partial charge in [0.15, 0.2) is 0 Å². The summed E-state index contributed by atoms with van der Waals surface area (Å²) in [6, 6.07) is 4.55. The summed E-state index contributed by atoms with van der Waals surface area (Å²) in [7, 11) is 0. The molecule has 0 aromatic heterocycles. The van der Waals surface area contributed by atoms with E-state index in [1.165, 1.54) is 6.07 Å². The average Bonchev–Trinajstić information content (AvgIpc) is 2.41. The second kappa shape index (κ2) is 6.99. The molecule has 0 saturated carbocycles. The summed E-state index contributed by atoms with van der Waals surface area (Å²) >= 11 is 5.10. The van der Waals surface area contributed by atoms with Crippen molar-refractivity contribution < 1.29 is 14.7 Å². The summed E-state index contributed by atoms with van der Waals surface area (Å²) < 4.78 is 0.658. The number of carbonyl (C=O) groups excluding carboxylic acids is 1. The van der Waals surface area contributed by atoms with Gasteiger partial charge in [0, 0.05) is 10.5 Å². The van der Waals surface area contributed by atoms with E-state index >= 15 is 0 Å². The summed E-state index contributed by atoms with van der Waals surface area (Å²) in [5.41, 5.74) is 0.358. The van der Waals surface area contributed by atoms with Crippen LogP contribution in [0.1, 0.15) is 23.2 Å². The van der Waals surface area contributed by atoms with E-state index < -0.39 is 5.97 Å². The molecule has 108 valence electrons. The van der Waals surface area contributed by atoms with Crippen LogP contribution in [0, 0.1) is 0 Å². The number of anilines is 1. The fourth-order valence-corrected chi connectivity index (χ4v) is 3.46. The second-order valence-corrected chi connectivity index (χ2v) is 6.62. The van der Waals surface area contributed by atoms with E-state index in [0.29, 0.717) is 10.2 Å². The van der Waals surface area contributed by atoms with Crippen LogP contribution in [0.25, 0.3) is 0 Å². The lowest BCUT2D eigenvalue weighted by Crippen LogP contribution is -2.40. The summed E-state index contributed by atoms with van der Waals surface area (Å²) in [6.07, 6.45) is 1.90. The fourth-order valence-electron chi connectivity index (χ4n) is 1.99. The molecule has 1 fully saturated rings. The van der Waals surface area contributed by atoms with Crippen molar-refractivity contribution in [3.05, 3.63) is 28.2 Å². The molecular formula is C13H15BrN2O3S. The number of amides is 2. The van der Waals surface area contributed by atoms with E-state index in [0.717, 1.165) is 24.3 Å². The van der Waals surface area contributed by atoms with Crippen LogP contribution in [0.4, 0.5) is 10.5 Å². The van der Waals surface area contributed by atoms with Crippen LogP contribution in [-0.4, -0.2) is 34.7 Å². The van der Waals surface area contributed by atoms with Gasteiger partial charge in [0.2, 0.25) is 0 Å². The molecular weight excluding hydrogens is 344 g/mol. The molecule has 3 N–H and O–H groups in total. The molecule has 1 aliphatic heterocycles. The zero-order valence-corrected chi connectivity index (χ0v) is 13.1. The highest BCUT2D eigenvalue weighted by Crippen LogP contribution is 2.21. The first-order valence-electron chi connectivity index (χ1n) is 6.24. The smallest absolute Gasteiger partial charge is 0.337 e. The van der Waals surface area contributed by atoms with E-state index in [1.807, 2.05) is 11.8 Å². The number of carbonyl (C=O) groups is 2. The number of hydrogen-bond donors (Lipinski definition) is 3. The minimum atomic E-state index is -1.07. The molecule has 5 nitrogen and oxygen atoms in total. The Morgan fingerprint density at radius 2 is 2.00 bits per heavy atom. The Hall–Kier alpha value is -1.21. The normalized spacial score (nSPS) is 15.7. The summed E-state index contributed by atoms with van der Waals surface area (Å²) in [6.45, 7) is 0. The van der Waals surface area contributed by atoms with Gasteiger partial charge < -0.3 is 15.7 Å².